The molecule has 10 heteroatoms. The summed E-state index contributed by atoms with van der Waals surface area (Å²) in [5.41, 5.74) is 1.73. The fourth-order valence-corrected chi connectivity index (χ4v) is 3.01. The van der Waals surface area contributed by atoms with Crippen LogP contribution in [0.25, 0.3) is 0 Å². The number of benzene rings is 1. The van der Waals surface area contributed by atoms with Gasteiger partial charge in [0.25, 0.3) is 11.1 Å². The number of alkyl halides is 3. The maximum atomic E-state index is 12.5. The summed E-state index contributed by atoms with van der Waals surface area (Å²) in [4.78, 5) is 14.1. The summed E-state index contributed by atoms with van der Waals surface area (Å²) >= 11 is 1.30. The molecule has 1 aromatic carbocycles. The number of nitrogens with zero attached hydrogens (tertiary/aromatic N) is 3. The lowest BCUT2D eigenvalue weighted by Gasteiger charge is -2.31. The molecule has 1 aliphatic heterocycles. The van der Waals surface area contributed by atoms with Crippen molar-refractivity contribution in [2.75, 3.05) is 13.1 Å². The summed E-state index contributed by atoms with van der Waals surface area (Å²) in [5.74, 6) is -0.741. The average Bonchev–Trinajstić information content (AvgIpc) is 3.06. The summed E-state index contributed by atoms with van der Waals surface area (Å²) in [6.45, 7) is 0.902. The van der Waals surface area contributed by atoms with Crippen molar-refractivity contribution in [2.24, 2.45) is 0 Å². The molecule has 0 unspecified atom stereocenters. The average molecular weight is 373 g/mol. The van der Waals surface area contributed by atoms with Crippen LogP contribution in [-0.2, 0) is 0 Å². The molecule has 0 radical (unpaired) electrons. The number of hydrogen-bond donors (Lipinski definition) is 0. The van der Waals surface area contributed by atoms with Crippen molar-refractivity contribution in [1.82, 2.24) is 15.1 Å². The van der Waals surface area contributed by atoms with E-state index in [1.165, 1.54) is 23.5 Å². The summed E-state index contributed by atoms with van der Waals surface area (Å²) < 4.78 is 46.4. The van der Waals surface area contributed by atoms with E-state index in [2.05, 4.69) is 14.9 Å². The van der Waals surface area contributed by atoms with Gasteiger partial charge in [0.2, 0.25) is 0 Å². The molecule has 6 nitrogen and oxygen atoms in total. The van der Waals surface area contributed by atoms with Gasteiger partial charge in [0.05, 0.1) is 0 Å². The summed E-state index contributed by atoms with van der Waals surface area (Å²) in [6.07, 6.45) is -3.62. The van der Waals surface area contributed by atoms with Crippen LogP contribution in [0.15, 0.2) is 29.8 Å². The fraction of sp³-hybridized carbons (Fsp3) is 0.400. The van der Waals surface area contributed by atoms with Crippen LogP contribution in [0.3, 0.4) is 0 Å². The van der Waals surface area contributed by atoms with Gasteiger partial charge in [-0.2, -0.15) is 0 Å². The highest BCUT2D eigenvalue weighted by molar-refractivity contribution is 7.11. The second-order valence-corrected chi connectivity index (χ2v) is 6.19. The van der Waals surface area contributed by atoms with Crippen LogP contribution >= 0.6 is 11.3 Å². The first kappa shape index (κ1) is 17.5. The van der Waals surface area contributed by atoms with Crippen LogP contribution in [0, 0.1) is 0 Å². The third-order valence-corrected chi connectivity index (χ3v) is 4.23. The Labute approximate surface area is 145 Å². The smallest absolute Gasteiger partial charge is 0.465 e. The Balaban J connectivity index is 1.58. The van der Waals surface area contributed by atoms with E-state index >= 15 is 0 Å². The van der Waals surface area contributed by atoms with Gasteiger partial charge >= 0.3 is 6.36 Å². The SMILES string of the molecule is O=C(c1cccc(OC(F)(F)F)c1)N1CCC(Oc2nncs2)CC1. The van der Waals surface area contributed by atoms with Crippen molar-refractivity contribution in [3.8, 4) is 10.9 Å². The van der Waals surface area contributed by atoms with Crippen LogP contribution in [0.5, 0.6) is 10.9 Å². The first-order valence-corrected chi connectivity index (χ1v) is 8.36. The molecule has 1 amide bonds. The number of carbonyl (C=O) groups is 1. The Kier molecular flexibility index (Phi) is 5.07. The van der Waals surface area contributed by atoms with Crippen LogP contribution in [0.2, 0.25) is 0 Å². The lowest BCUT2D eigenvalue weighted by molar-refractivity contribution is -0.274. The van der Waals surface area contributed by atoms with E-state index in [0.717, 1.165) is 12.1 Å². The highest BCUT2D eigenvalue weighted by Crippen LogP contribution is 2.25. The highest BCUT2D eigenvalue weighted by atomic mass is 32.1. The van der Waals surface area contributed by atoms with E-state index in [4.69, 9.17) is 4.74 Å². The zero-order chi connectivity index (χ0) is 17.9. The number of amides is 1. The van der Waals surface area contributed by atoms with Crippen molar-refractivity contribution in [3.05, 3.63) is 35.3 Å². The molecule has 134 valence electrons. The molecular weight excluding hydrogens is 359 g/mol. The van der Waals surface area contributed by atoms with E-state index in [1.54, 1.807) is 10.4 Å². The molecular formula is C15H14F3N3O3S. The van der Waals surface area contributed by atoms with Crippen molar-refractivity contribution in [3.63, 3.8) is 0 Å². The quantitative estimate of drug-likeness (QED) is 0.824. The van der Waals surface area contributed by atoms with Crippen molar-refractivity contribution in [2.45, 2.75) is 25.3 Å². The van der Waals surface area contributed by atoms with Gasteiger partial charge in [-0.1, -0.05) is 17.4 Å². The molecule has 1 aromatic heterocycles. The van der Waals surface area contributed by atoms with E-state index < -0.39 is 12.1 Å². The van der Waals surface area contributed by atoms with Crippen LogP contribution in [-0.4, -0.2) is 46.6 Å². The van der Waals surface area contributed by atoms with Crippen molar-refractivity contribution >= 4 is 17.2 Å². The Morgan fingerprint density at radius 2 is 2.04 bits per heavy atom. The van der Waals surface area contributed by atoms with E-state index in [0.29, 0.717) is 31.1 Å². The number of aromatic nitrogens is 2. The summed E-state index contributed by atoms with van der Waals surface area (Å²) in [5, 5.41) is 7.99. The maximum absolute atomic E-state index is 12.5. The molecule has 0 aliphatic carbocycles. The third kappa shape index (κ3) is 4.81. The molecule has 0 saturated carbocycles. The minimum absolute atomic E-state index is 0.0584. The summed E-state index contributed by atoms with van der Waals surface area (Å²) in [7, 11) is 0. The van der Waals surface area contributed by atoms with Crippen LogP contribution in [0.1, 0.15) is 23.2 Å². The molecule has 1 fully saturated rings. The van der Waals surface area contributed by atoms with Crippen molar-refractivity contribution < 1.29 is 27.4 Å². The normalized spacial score (nSPS) is 15.9. The molecule has 0 bridgehead atoms. The predicted molar refractivity (Wildman–Crippen MR) is 82.6 cm³/mol. The van der Waals surface area contributed by atoms with Gasteiger partial charge in [-0.25, -0.2) is 0 Å². The third-order valence-electron chi connectivity index (χ3n) is 3.65. The van der Waals surface area contributed by atoms with E-state index in [-0.39, 0.29) is 17.6 Å². The topological polar surface area (TPSA) is 64.5 Å². The predicted octanol–water partition coefficient (Wildman–Crippen LogP) is 3.12. The van der Waals surface area contributed by atoms with Crippen LogP contribution in [0.4, 0.5) is 13.2 Å². The van der Waals surface area contributed by atoms with Gasteiger partial charge in [-0.3, -0.25) is 4.79 Å². The zero-order valence-electron chi connectivity index (χ0n) is 12.9. The second-order valence-electron chi connectivity index (χ2n) is 5.39. The van der Waals surface area contributed by atoms with E-state index in [9.17, 15) is 18.0 Å². The standard InChI is InChI=1S/C15H14F3N3O3S/c16-15(17,18)24-12-3-1-2-10(8-12)13(22)21-6-4-11(5-7-21)23-14-20-19-9-25-14/h1-3,8-9,11H,4-7H2. The van der Waals surface area contributed by atoms with Gasteiger partial charge in [-0.05, 0) is 18.2 Å². The molecule has 3 rings (SSSR count). The first-order chi connectivity index (χ1) is 11.9. The molecule has 0 atom stereocenters. The van der Waals surface area contributed by atoms with Gasteiger partial charge in [0, 0.05) is 31.5 Å². The lowest BCUT2D eigenvalue weighted by Crippen LogP contribution is -2.41. The number of ether oxygens (including phenoxy) is 2. The maximum Gasteiger partial charge on any atom is 0.573 e. The molecule has 1 saturated heterocycles. The number of rotatable bonds is 4. The van der Waals surface area contributed by atoms with Gasteiger partial charge in [0.1, 0.15) is 17.4 Å². The number of carbonyl (C=O) groups excluding carboxylic acids is 1. The van der Waals surface area contributed by atoms with Gasteiger partial charge in [0.15, 0.2) is 0 Å². The number of piperidine rings is 1. The Morgan fingerprint density at radius 1 is 1.28 bits per heavy atom. The van der Waals surface area contributed by atoms with Gasteiger partial charge in [-0.15, -0.1) is 23.4 Å². The molecule has 1 aliphatic rings. The monoisotopic (exact) mass is 373 g/mol. The Bertz CT molecular complexity index is 716. The minimum Gasteiger partial charge on any atom is -0.465 e. The van der Waals surface area contributed by atoms with Crippen molar-refractivity contribution in [1.29, 1.82) is 0 Å². The van der Waals surface area contributed by atoms with Crippen LogP contribution < -0.4 is 9.47 Å². The van der Waals surface area contributed by atoms with Gasteiger partial charge < -0.3 is 14.4 Å². The molecule has 2 heterocycles. The fourth-order valence-electron chi connectivity index (χ4n) is 2.54. The lowest BCUT2D eigenvalue weighted by atomic mass is 10.1. The number of hydrogen-bond acceptors (Lipinski definition) is 6. The minimum atomic E-state index is -4.79. The zero-order valence-corrected chi connectivity index (χ0v) is 13.7. The van der Waals surface area contributed by atoms with E-state index in [1.807, 2.05) is 0 Å². The highest BCUT2D eigenvalue weighted by Gasteiger charge is 2.31. The first-order valence-electron chi connectivity index (χ1n) is 7.48. The Morgan fingerprint density at radius 3 is 2.68 bits per heavy atom. The number of likely N-dealkylation sites (tertiary alicyclic amines) is 1. The Hall–Kier alpha value is -2.36. The second kappa shape index (κ2) is 7.26. The molecule has 0 N–H and O–H groups in total. The largest absolute Gasteiger partial charge is 0.573 e. The number of halogens is 3. The summed E-state index contributed by atoms with van der Waals surface area (Å²) in [6, 6.07) is 5.08. The molecule has 0 spiro atoms. The molecule has 2 aromatic rings. The molecule has 25 heavy (non-hydrogen) atoms.